The average molecular weight is 192 g/mol. The van der Waals surface area contributed by atoms with Crippen LogP contribution in [0.2, 0.25) is 0 Å². The number of hydrogen-bond acceptors (Lipinski definition) is 2. The molecule has 0 radical (unpaired) electrons. The molecule has 1 fully saturated rings. The summed E-state index contributed by atoms with van der Waals surface area (Å²) in [7, 11) is 0. The van der Waals surface area contributed by atoms with Gasteiger partial charge in [-0.05, 0) is 12.8 Å². The third-order valence-corrected chi connectivity index (χ3v) is 3.02. The van der Waals surface area contributed by atoms with E-state index in [2.05, 4.69) is 0 Å². The maximum absolute atomic E-state index is 10.6. The van der Waals surface area contributed by atoms with Crippen molar-refractivity contribution in [2.75, 3.05) is 0 Å². The molecule has 0 aromatic heterocycles. The van der Waals surface area contributed by atoms with Gasteiger partial charge in [0.2, 0.25) is 0 Å². The third kappa shape index (κ3) is 2.11. The average Bonchev–Trinajstić information content (AvgIpc) is 2.04. The van der Waals surface area contributed by atoms with Crippen molar-refractivity contribution in [3.05, 3.63) is 0 Å². The van der Waals surface area contributed by atoms with Crippen molar-refractivity contribution >= 4 is 17.6 Å². The van der Waals surface area contributed by atoms with Gasteiger partial charge in [0.1, 0.15) is 6.04 Å². The van der Waals surface area contributed by atoms with Crippen LogP contribution in [0.15, 0.2) is 0 Å². The van der Waals surface area contributed by atoms with Crippen LogP contribution in [0.25, 0.3) is 0 Å². The molecule has 70 valence electrons. The molecule has 1 aliphatic carbocycles. The Morgan fingerprint density at radius 2 is 2.08 bits per heavy atom. The van der Waals surface area contributed by atoms with Gasteiger partial charge in [-0.2, -0.15) is 0 Å². The minimum absolute atomic E-state index is 0.0436. The zero-order valence-electron chi connectivity index (χ0n) is 6.87. The fraction of sp³-hybridized carbons (Fsp3) is 0.875. The molecule has 1 saturated carbocycles. The van der Waals surface area contributed by atoms with Gasteiger partial charge < -0.3 is 10.8 Å². The number of carbonyl (C=O) groups is 1. The van der Waals surface area contributed by atoms with Crippen LogP contribution in [0.3, 0.4) is 0 Å². The monoisotopic (exact) mass is 191 g/mol. The van der Waals surface area contributed by atoms with Gasteiger partial charge in [0.05, 0.1) is 0 Å². The van der Waals surface area contributed by atoms with Gasteiger partial charge in [0.25, 0.3) is 0 Å². The number of carboxylic acid groups (broad SMARTS) is 1. The fourth-order valence-corrected chi connectivity index (χ4v) is 2.14. The second-order valence-electron chi connectivity index (χ2n) is 3.33. The Kier molecular flexibility index (Phi) is 3.35. The van der Waals surface area contributed by atoms with Gasteiger partial charge in [-0.25, -0.2) is 0 Å². The van der Waals surface area contributed by atoms with Crippen molar-refractivity contribution in [2.45, 2.75) is 37.1 Å². The first-order valence-corrected chi connectivity index (χ1v) is 4.69. The first kappa shape index (κ1) is 9.81. The highest BCUT2D eigenvalue weighted by atomic mass is 35.5. The number of hydrogen-bond donors (Lipinski definition) is 2. The molecule has 3 nitrogen and oxygen atoms in total. The number of rotatable bonds is 2. The van der Waals surface area contributed by atoms with Gasteiger partial charge in [-0.3, -0.25) is 4.79 Å². The minimum Gasteiger partial charge on any atom is -0.480 e. The summed E-state index contributed by atoms with van der Waals surface area (Å²) in [6, 6.07) is -0.784. The number of aliphatic carboxylic acids is 1. The lowest BCUT2D eigenvalue weighted by atomic mass is 9.84. The number of nitrogens with two attached hydrogens (primary N) is 1. The van der Waals surface area contributed by atoms with Crippen LogP contribution in [-0.2, 0) is 4.79 Å². The molecule has 12 heavy (non-hydrogen) atoms. The summed E-state index contributed by atoms with van der Waals surface area (Å²) >= 11 is 5.98. The minimum atomic E-state index is -0.937. The standard InChI is InChI=1S/C8H14ClNO2/c9-6-4-2-1-3-5(6)7(10)8(11)12/h5-7H,1-4,10H2,(H,11,12). The predicted octanol–water partition coefficient (Wildman–Crippen LogP) is 1.20. The van der Waals surface area contributed by atoms with E-state index in [4.69, 9.17) is 22.4 Å². The van der Waals surface area contributed by atoms with E-state index in [1.165, 1.54) is 0 Å². The normalized spacial score (nSPS) is 32.8. The van der Waals surface area contributed by atoms with Crippen molar-refractivity contribution in [3.63, 3.8) is 0 Å². The van der Waals surface area contributed by atoms with E-state index in [0.717, 1.165) is 25.7 Å². The van der Waals surface area contributed by atoms with Gasteiger partial charge >= 0.3 is 5.97 Å². The molecular formula is C8H14ClNO2. The highest BCUT2D eigenvalue weighted by molar-refractivity contribution is 6.21. The summed E-state index contributed by atoms with van der Waals surface area (Å²) in [6.07, 6.45) is 3.89. The lowest BCUT2D eigenvalue weighted by molar-refractivity contribution is -0.140. The van der Waals surface area contributed by atoms with E-state index in [1.54, 1.807) is 0 Å². The molecule has 3 atom stereocenters. The van der Waals surface area contributed by atoms with E-state index in [-0.39, 0.29) is 11.3 Å². The summed E-state index contributed by atoms with van der Waals surface area (Å²) in [4.78, 5) is 10.6. The van der Waals surface area contributed by atoms with Crippen LogP contribution < -0.4 is 5.73 Å². The maximum Gasteiger partial charge on any atom is 0.320 e. The zero-order valence-corrected chi connectivity index (χ0v) is 7.63. The highest BCUT2D eigenvalue weighted by Crippen LogP contribution is 2.30. The third-order valence-electron chi connectivity index (χ3n) is 2.48. The number of carboxylic acids is 1. The summed E-state index contributed by atoms with van der Waals surface area (Å²) in [5.74, 6) is -0.981. The Morgan fingerprint density at radius 3 is 2.58 bits per heavy atom. The SMILES string of the molecule is NC(C(=O)O)C1CCCCC1Cl. The molecule has 0 saturated heterocycles. The largest absolute Gasteiger partial charge is 0.480 e. The summed E-state index contributed by atoms with van der Waals surface area (Å²) in [6.45, 7) is 0. The molecule has 0 aromatic rings. The zero-order chi connectivity index (χ0) is 9.14. The van der Waals surface area contributed by atoms with Crippen LogP contribution in [0.5, 0.6) is 0 Å². The van der Waals surface area contributed by atoms with E-state index in [0.29, 0.717) is 0 Å². The molecule has 3 N–H and O–H groups in total. The summed E-state index contributed by atoms with van der Waals surface area (Å²) in [5, 5.41) is 8.62. The molecule has 0 amide bonds. The van der Waals surface area contributed by atoms with E-state index in [9.17, 15) is 4.79 Å². The molecule has 3 unspecified atom stereocenters. The second kappa shape index (κ2) is 4.10. The quantitative estimate of drug-likeness (QED) is 0.645. The molecule has 1 aliphatic rings. The van der Waals surface area contributed by atoms with Crippen molar-refractivity contribution in [2.24, 2.45) is 11.7 Å². The lowest BCUT2D eigenvalue weighted by Crippen LogP contribution is -2.43. The predicted molar refractivity (Wildman–Crippen MR) is 47.2 cm³/mol. The van der Waals surface area contributed by atoms with Crippen LogP contribution in [-0.4, -0.2) is 22.5 Å². The van der Waals surface area contributed by atoms with E-state index < -0.39 is 12.0 Å². The first-order valence-electron chi connectivity index (χ1n) is 4.25. The van der Waals surface area contributed by atoms with E-state index in [1.807, 2.05) is 0 Å². The van der Waals surface area contributed by atoms with Crippen molar-refractivity contribution in [3.8, 4) is 0 Å². The second-order valence-corrected chi connectivity index (χ2v) is 3.89. The topological polar surface area (TPSA) is 63.3 Å². The molecule has 0 aromatic carbocycles. The smallest absolute Gasteiger partial charge is 0.320 e. The number of alkyl halides is 1. The summed E-state index contributed by atoms with van der Waals surface area (Å²) in [5.41, 5.74) is 5.50. The maximum atomic E-state index is 10.6. The van der Waals surface area contributed by atoms with Gasteiger partial charge in [-0.1, -0.05) is 12.8 Å². The summed E-state index contributed by atoms with van der Waals surface area (Å²) < 4.78 is 0. The molecule has 0 bridgehead atoms. The molecule has 1 rings (SSSR count). The molecule has 0 heterocycles. The lowest BCUT2D eigenvalue weighted by Gasteiger charge is -2.29. The Labute approximate surface area is 76.9 Å². The van der Waals surface area contributed by atoms with Crippen molar-refractivity contribution < 1.29 is 9.90 Å². The molecular weight excluding hydrogens is 178 g/mol. The number of halogens is 1. The van der Waals surface area contributed by atoms with Crippen LogP contribution in [0.4, 0.5) is 0 Å². The van der Waals surface area contributed by atoms with Crippen LogP contribution >= 0.6 is 11.6 Å². The van der Waals surface area contributed by atoms with Gasteiger partial charge in [0, 0.05) is 11.3 Å². The Morgan fingerprint density at radius 1 is 1.50 bits per heavy atom. The van der Waals surface area contributed by atoms with Gasteiger partial charge in [0.15, 0.2) is 0 Å². The van der Waals surface area contributed by atoms with Crippen LogP contribution in [0.1, 0.15) is 25.7 Å². The van der Waals surface area contributed by atoms with E-state index >= 15 is 0 Å². The van der Waals surface area contributed by atoms with Crippen molar-refractivity contribution in [1.29, 1.82) is 0 Å². The Balaban J connectivity index is 2.53. The Bertz CT molecular complexity index is 174. The highest BCUT2D eigenvalue weighted by Gasteiger charge is 2.32. The van der Waals surface area contributed by atoms with Gasteiger partial charge in [-0.15, -0.1) is 11.6 Å². The molecule has 4 heteroatoms. The van der Waals surface area contributed by atoms with Crippen LogP contribution in [0, 0.1) is 5.92 Å². The fourth-order valence-electron chi connectivity index (χ4n) is 1.70. The van der Waals surface area contributed by atoms with Crippen molar-refractivity contribution in [1.82, 2.24) is 0 Å². The molecule has 0 aliphatic heterocycles. The first-order chi connectivity index (χ1) is 5.63. The Hall–Kier alpha value is -0.280. The molecule has 0 spiro atoms.